The van der Waals surface area contributed by atoms with Gasteiger partial charge in [-0.1, -0.05) is 0 Å². The first-order valence-corrected chi connectivity index (χ1v) is 5.78. The first-order chi connectivity index (χ1) is 9.21. The number of carbonyl (C=O) groups excluding carboxylic acids is 1. The molecule has 0 atom stereocenters. The van der Waals surface area contributed by atoms with E-state index in [9.17, 15) is 4.79 Å². The van der Waals surface area contributed by atoms with Crippen LogP contribution >= 0.6 is 0 Å². The molecule has 0 aliphatic heterocycles. The predicted molar refractivity (Wildman–Crippen MR) is 73.0 cm³/mol. The molecule has 0 saturated heterocycles. The normalized spacial score (nSPS) is 11.5. The summed E-state index contributed by atoms with van der Waals surface area (Å²) in [6.07, 6.45) is 5.62. The number of H-pyrrole nitrogens is 1. The standard InChI is InChI=1S/C13H14N4O2/c1-2-19-13(18)11-7-17-12-10(11)3-8(6-16-12)9(4-14)5-15/h3-7,14H,2,15H2,1H3,(H,16,17)/b9-5+,14-4?. The Balaban J connectivity index is 2.54. The average molecular weight is 258 g/mol. The molecule has 0 unspecified atom stereocenters. The summed E-state index contributed by atoms with van der Waals surface area (Å²) in [5, 5.41) is 7.92. The van der Waals surface area contributed by atoms with Crippen LogP contribution in [0, 0.1) is 5.41 Å². The van der Waals surface area contributed by atoms with Crippen molar-refractivity contribution in [1.82, 2.24) is 9.97 Å². The van der Waals surface area contributed by atoms with Gasteiger partial charge in [-0.25, -0.2) is 9.78 Å². The summed E-state index contributed by atoms with van der Waals surface area (Å²) < 4.78 is 4.98. The maximum atomic E-state index is 11.8. The van der Waals surface area contributed by atoms with Gasteiger partial charge in [0.05, 0.1) is 12.2 Å². The fraction of sp³-hybridized carbons (Fsp3) is 0.154. The van der Waals surface area contributed by atoms with Crippen molar-refractivity contribution in [3.05, 3.63) is 35.8 Å². The monoisotopic (exact) mass is 258 g/mol. The molecular weight excluding hydrogens is 244 g/mol. The minimum Gasteiger partial charge on any atom is -0.462 e. The molecule has 4 N–H and O–H groups in total. The number of hydrogen-bond acceptors (Lipinski definition) is 5. The summed E-state index contributed by atoms with van der Waals surface area (Å²) in [4.78, 5) is 18.9. The number of nitrogens with zero attached hydrogens (tertiary/aromatic N) is 1. The first-order valence-electron chi connectivity index (χ1n) is 5.78. The van der Waals surface area contributed by atoms with Gasteiger partial charge in [0.25, 0.3) is 0 Å². The van der Waals surface area contributed by atoms with Crippen LogP contribution in [0.1, 0.15) is 22.8 Å². The molecule has 0 aromatic carbocycles. The average Bonchev–Trinajstić information content (AvgIpc) is 2.83. The summed E-state index contributed by atoms with van der Waals surface area (Å²) in [6.45, 7) is 2.06. The second kappa shape index (κ2) is 5.34. The molecule has 0 aliphatic carbocycles. The van der Waals surface area contributed by atoms with Crippen molar-refractivity contribution in [3.63, 3.8) is 0 Å². The molecule has 0 bridgehead atoms. The molecule has 0 saturated carbocycles. The van der Waals surface area contributed by atoms with Crippen LogP contribution in [-0.4, -0.2) is 28.8 Å². The minimum atomic E-state index is -0.402. The van der Waals surface area contributed by atoms with Crippen LogP contribution in [-0.2, 0) is 4.74 Å². The number of aromatic nitrogens is 2. The van der Waals surface area contributed by atoms with E-state index in [-0.39, 0.29) is 0 Å². The predicted octanol–water partition coefficient (Wildman–Crippen LogP) is 1.69. The Kier molecular flexibility index (Phi) is 3.61. The number of nitrogens with two attached hydrogens (primary N) is 1. The molecule has 2 rings (SSSR count). The van der Waals surface area contributed by atoms with Gasteiger partial charge in [0.1, 0.15) is 5.65 Å². The lowest BCUT2D eigenvalue weighted by Crippen LogP contribution is -2.03. The second-order valence-electron chi connectivity index (χ2n) is 3.81. The van der Waals surface area contributed by atoms with Crippen molar-refractivity contribution < 1.29 is 9.53 Å². The highest BCUT2D eigenvalue weighted by molar-refractivity contribution is 6.10. The Hall–Kier alpha value is -2.63. The lowest BCUT2D eigenvalue weighted by molar-refractivity contribution is 0.0529. The van der Waals surface area contributed by atoms with E-state index in [2.05, 4.69) is 9.97 Å². The van der Waals surface area contributed by atoms with Gasteiger partial charge in [0, 0.05) is 41.3 Å². The van der Waals surface area contributed by atoms with Gasteiger partial charge in [0.2, 0.25) is 0 Å². The van der Waals surface area contributed by atoms with Crippen molar-refractivity contribution >= 4 is 28.8 Å². The van der Waals surface area contributed by atoms with Gasteiger partial charge >= 0.3 is 5.97 Å². The number of aromatic amines is 1. The summed E-state index contributed by atoms with van der Waals surface area (Å²) in [5.74, 6) is -0.402. The van der Waals surface area contributed by atoms with Gasteiger partial charge < -0.3 is 20.9 Å². The van der Waals surface area contributed by atoms with E-state index in [1.54, 1.807) is 25.4 Å². The molecule has 6 nitrogen and oxygen atoms in total. The highest BCUT2D eigenvalue weighted by Gasteiger charge is 2.14. The topological polar surface area (TPSA) is 105 Å². The third-order valence-electron chi connectivity index (χ3n) is 2.69. The fourth-order valence-electron chi connectivity index (χ4n) is 1.77. The molecule has 2 aromatic rings. The van der Waals surface area contributed by atoms with Crippen molar-refractivity contribution in [2.75, 3.05) is 6.61 Å². The fourth-order valence-corrected chi connectivity index (χ4v) is 1.77. The smallest absolute Gasteiger partial charge is 0.340 e. The van der Waals surface area contributed by atoms with E-state index >= 15 is 0 Å². The van der Waals surface area contributed by atoms with Gasteiger partial charge in [-0.05, 0) is 13.0 Å². The molecule has 2 heterocycles. The number of nitrogens with one attached hydrogen (secondary N) is 2. The Morgan fingerprint density at radius 3 is 3.05 bits per heavy atom. The zero-order valence-electron chi connectivity index (χ0n) is 10.4. The number of fused-ring (bicyclic) bond motifs is 1. The Bertz CT molecular complexity index is 658. The molecule has 0 spiro atoms. The maximum absolute atomic E-state index is 11.8. The van der Waals surface area contributed by atoms with Gasteiger partial charge in [0.15, 0.2) is 0 Å². The van der Waals surface area contributed by atoms with E-state index in [1.807, 2.05) is 0 Å². The van der Waals surface area contributed by atoms with Crippen LogP contribution < -0.4 is 5.73 Å². The molecule has 19 heavy (non-hydrogen) atoms. The minimum absolute atomic E-state index is 0.313. The van der Waals surface area contributed by atoms with Gasteiger partial charge in [-0.2, -0.15) is 0 Å². The van der Waals surface area contributed by atoms with Crippen molar-refractivity contribution in [2.24, 2.45) is 5.73 Å². The van der Waals surface area contributed by atoms with Gasteiger partial charge in [-0.15, -0.1) is 0 Å². The quantitative estimate of drug-likeness (QED) is 0.573. The van der Waals surface area contributed by atoms with E-state index in [1.165, 1.54) is 6.20 Å². The highest BCUT2D eigenvalue weighted by Crippen LogP contribution is 2.21. The molecule has 6 heteroatoms. The maximum Gasteiger partial charge on any atom is 0.340 e. The number of pyridine rings is 1. The number of allylic oxidation sites excluding steroid dienone is 1. The van der Waals surface area contributed by atoms with E-state index in [4.69, 9.17) is 15.9 Å². The number of carbonyl (C=O) groups is 1. The second-order valence-corrected chi connectivity index (χ2v) is 3.81. The largest absolute Gasteiger partial charge is 0.462 e. The SMILES string of the molecule is CCOC(=O)c1c[nH]c2ncc(/C(C=N)=C/N)cc12. The van der Waals surface area contributed by atoms with Crippen LogP contribution in [0.2, 0.25) is 0 Å². The molecular formula is C13H14N4O2. The Labute approximate surface area is 109 Å². The van der Waals surface area contributed by atoms with Crippen molar-refractivity contribution in [2.45, 2.75) is 6.92 Å². The van der Waals surface area contributed by atoms with Crippen LogP contribution in [0.4, 0.5) is 0 Å². The Morgan fingerprint density at radius 1 is 1.63 bits per heavy atom. The molecule has 98 valence electrons. The molecule has 0 amide bonds. The lowest BCUT2D eigenvalue weighted by Gasteiger charge is -2.02. The zero-order chi connectivity index (χ0) is 13.8. The van der Waals surface area contributed by atoms with Crippen molar-refractivity contribution in [3.8, 4) is 0 Å². The van der Waals surface area contributed by atoms with Crippen LogP contribution in [0.3, 0.4) is 0 Å². The van der Waals surface area contributed by atoms with E-state index in [0.29, 0.717) is 34.3 Å². The molecule has 0 aliphatic rings. The summed E-state index contributed by atoms with van der Waals surface area (Å²) >= 11 is 0. The van der Waals surface area contributed by atoms with Crippen LogP contribution in [0.25, 0.3) is 16.6 Å². The molecule has 0 radical (unpaired) electrons. The first kappa shape index (κ1) is 12.8. The summed E-state index contributed by atoms with van der Waals surface area (Å²) in [7, 11) is 0. The molecule has 0 fully saturated rings. The number of ether oxygens (including phenoxy) is 1. The third-order valence-corrected chi connectivity index (χ3v) is 2.69. The van der Waals surface area contributed by atoms with Crippen LogP contribution in [0.15, 0.2) is 24.7 Å². The summed E-state index contributed by atoms with van der Waals surface area (Å²) in [6, 6.07) is 1.76. The number of hydrogen-bond donors (Lipinski definition) is 3. The number of esters is 1. The Morgan fingerprint density at radius 2 is 2.42 bits per heavy atom. The number of rotatable bonds is 4. The summed E-state index contributed by atoms with van der Waals surface area (Å²) in [5.41, 5.74) is 7.66. The van der Waals surface area contributed by atoms with Gasteiger partial charge in [-0.3, -0.25) is 0 Å². The lowest BCUT2D eigenvalue weighted by atomic mass is 10.1. The third kappa shape index (κ3) is 2.33. The molecule has 2 aromatic heterocycles. The highest BCUT2D eigenvalue weighted by atomic mass is 16.5. The van der Waals surface area contributed by atoms with E-state index in [0.717, 1.165) is 6.21 Å². The zero-order valence-corrected chi connectivity index (χ0v) is 10.4. The van der Waals surface area contributed by atoms with Crippen molar-refractivity contribution in [1.29, 1.82) is 5.41 Å². The van der Waals surface area contributed by atoms with E-state index < -0.39 is 5.97 Å². The van der Waals surface area contributed by atoms with Crippen LogP contribution in [0.5, 0.6) is 0 Å².